The molecule has 25 heavy (non-hydrogen) atoms. The molecular weight excluding hydrogens is 325 g/mol. The van der Waals surface area contributed by atoms with Crippen LogP contribution in [0.25, 0.3) is 11.0 Å². The molecule has 1 saturated heterocycles. The number of anilines is 1. The van der Waals surface area contributed by atoms with E-state index < -0.39 is 17.2 Å². The van der Waals surface area contributed by atoms with E-state index in [1.165, 1.54) is 12.3 Å². The fraction of sp³-hybridized carbons (Fsp3) is 0.500. The summed E-state index contributed by atoms with van der Waals surface area (Å²) in [5.74, 6) is -0.898. The Morgan fingerprint density at radius 1 is 1.36 bits per heavy atom. The van der Waals surface area contributed by atoms with Gasteiger partial charge in [0, 0.05) is 25.3 Å². The molecule has 2 aromatic rings. The molecule has 0 aromatic carbocycles. The number of nitrogens with zero attached hydrogens (tertiary/aromatic N) is 3. The Morgan fingerprint density at radius 2 is 2.08 bits per heavy atom. The maximum Gasteiger partial charge on any atom is 0.343 e. The molecule has 1 saturated carbocycles. The van der Waals surface area contributed by atoms with Crippen LogP contribution in [0, 0.1) is 5.82 Å². The highest BCUT2D eigenvalue weighted by Gasteiger charge is 2.29. The van der Waals surface area contributed by atoms with Gasteiger partial charge in [0.05, 0.1) is 12.0 Å². The number of carbonyl (C=O) groups is 1. The maximum absolute atomic E-state index is 14.6. The van der Waals surface area contributed by atoms with Crippen molar-refractivity contribution < 1.29 is 13.9 Å². The molecule has 0 radical (unpaired) electrons. The van der Waals surface area contributed by atoms with Gasteiger partial charge < -0.3 is 14.2 Å². The van der Waals surface area contributed by atoms with E-state index in [1.807, 2.05) is 9.47 Å². The van der Waals surface area contributed by atoms with Gasteiger partial charge in [-0.2, -0.15) is 0 Å². The first-order valence-corrected chi connectivity index (χ1v) is 8.77. The second kappa shape index (κ2) is 6.13. The number of carbonyl (C=O) groups excluding carboxylic acids is 1. The molecule has 0 amide bonds. The molecule has 3 heterocycles. The molecule has 2 aromatic heterocycles. The number of hydrogen-bond acceptors (Lipinski definition) is 5. The van der Waals surface area contributed by atoms with E-state index in [0.29, 0.717) is 11.5 Å². The van der Waals surface area contributed by atoms with Gasteiger partial charge in [-0.05, 0) is 38.7 Å². The standard InChI is InChI=1S/C18H20FN3O3/c1-2-25-18(24)13-10-22(11-5-6-11)16-12(15(13)23)9-14(19)17(20-16)21-7-3-4-8-21/h9-11H,2-8H2,1H3. The number of ether oxygens (including phenoxy) is 1. The minimum Gasteiger partial charge on any atom is -0.462 e. The highest BCUT2D eigenvalue weighted by atomic mass is 19.1. The molecule has 1 aliphatic carbocycles. The van der Waals surface area contributed by atoms with E-state index in [-0.39, 0.29) is 23.6 Å². The first-order chi connectivity index (χ1) is 12.1. The zero-order valence-electron chi connectivity index (χ0n) is 14.1. The predicted octanol–water partition coefficient (Wildman–Crippen LogP) is 2.65. The van der Waals surface area contributed by atoms with Crippen molar-refractivity contribution in [1.29, 1.82) is 0 Å². The van der Waals surface area contributed by atoms with Crippen molar-refractivity contribution in [2.75, 3.05) is 24.6 Å². The molecule has 6 nitrogen and oxygen atoms in total. The van der Waals surface area contributed by atoms with Crippen molar-refractivity contribution >= 4 is 22.8 Å². The van der Waals surface area contributed by atoms with Gasteiger partial charge in [-0.25, -0.2) is 14.2 Å². The van der Waals surface area contributed by atoms with Crippen LogP contribution in [-0.2, 0) is 4.74 Å². The summed E-state index contributed by atoms with van der Waals surface area (Å²) in [5.41, 5.74) is -0.134. The lowest BCUT2D eigenvalue weighted by atomic mass is 10.2. The monoisotopic (exact) mass is 345 g/mol. The van der Waals surface area contributed by atoms with Gasteiger partial charge >= 0.3 is 5.97 Å². The Labute approximate surface area is 144 Å². The average Bonchev–Trinajstić information content (AvgIpc) is 3.29. The number of halogens is 1. The van der Waals surface area contributed by atoms with Crippen LogP contribution < -0.4 is 10.3 Å². The maximum atomic E-state index is 14.6. The van der Waals surface area contributed by atoms with Gasteiger partial charge in [0.2, 0.25) is 5.43 Å². The number of pyridine rings is 2. The van der Waals surface area contributed by atoms with Crippen molar-refractivity contribution in [3.05, 3.63) is 33.9 Å². The smallest absolute Gasteiger partial charge is 0.343 e. The molecule has 7 heteroatoms. The highest BCUT2D eigenvalue weighted by Crippen LogP contribution is 2.37. The Hall–Kier alpha value is -2.44. The first kappa shape index (κ1) is 16.1. The fourth-order valence-corrected chi connectivity index (χ4v) is 3.37. The van der Waals surface area contributed by atoms with E-state index >= 15 is 0 Å². The Morgan fingerprint density at radius 3 is 2.72 bits per heavy atom. The van der Waals surface area contributed by atoms with Gasteiger partial charge in [-0.15, -0.1) is 0 Å². The van der Waals surface area contributed by atoms with E-state index in [9.17, 15) is 14.0 Å². The summed E-state index contributed by atoms with van der Waals surface area (Å²) in [6.07, 6.45) is 5.46. The van der Waals surface area contributed by atoms with Crippen molar-refractivity contribution in [2.45, 2.75) is 38.6 Å². The van der Waals surface area contributed by atoms with Crippen LogP contribution >= 0.6 is 0 Å². The third-order valence-corrected chi connectivity index (χ3v) is 4.78. The molecule has 0 atom stereocenters. The fourth-order valence-electron chi connectivity index (χ4n) is 3.37. The summed E-state index contributed by atoms with van der Waals surface area (Å²) in [6, 6.07) is 1.42. The first-order valence-electron chi connectivity index (χ1n) is 8.77. The van der Waals surface area contributed by atoms with Crippen LogP contribution in [0.3, 0.4) is 0 Å². The van der Waals surface area contributed by atoms with Crippen LogP contribution in [0.4, 0.5) is 10.2 Å². The second-order valence-corrected chi connectivity index (χ2v) is 6.59. The van der Waals surface area contributed by atoms with E-state index in [2.05, 4.69) is 4.98 Å². The van der Waals surface area contributed by atoms with Crippen LogP contribution in [0.2, 0.25) is 0 Å². The van der Waals surface area contributed by atoms with Crippen LogP contribution in [0.15, 0.2) is 17.1 Å². The number of esters is 1. The number of fused-ring (bicyclic) bond motifs is 1. The minimum absolute atomic E-state index is 0.0589. The van der Waals surface area contributed by atoms with Crippen molar-refractivity contribution in [3.8, 4) is 0 Å². The summed E-state index contributed by atoms with van der Waals surface area (Å²) in [6.45, 7) is 3.40. The summed E-state index contributed by atoms with van der Waals surface area (Å²) < 4.78 is 21.4. The average molecular weight is 345 g/mol. The summed E-state index contributed by atoms with van der Waals surface area (Å²) >= 11 is 0. The summed E-state index contributed by atoms with van der Waals surface area (Å²) in [7, 11) is 0. The van der Waals surface area contributed by atoms with Crippen LogP contribution in [0.5, 0.6) is 0 Å². The SMILES string of the molecule is CCOC(=O)c1cn(C2CC2)c2nc(N3CCCC3)c(F)cc2c1=O. The Balaban J connectivity index is 1.93. The lowest BCUT2D eigenvalue weighted by molar-refractivity contribution is 0.0524. The third-order valence-electron chi connectivity index (χ3n) is 4.78. The molecule has 132 valence electrons. The van der Waals surface area contributed by atoms with Gasteiger partial charge in [0.25, 0.3) is 0 Å². The molecule has 4 rings (SSSR count). The lowest BCUT2D eigenvalue weighted by Crippen LogP contribution is -2.24. The van der Waals surface area contributed by atoms with Crippen molar-refractivity contribution in [3.63, 3.8) is 0 Å². The number of hydrogen-bond donors (Lipinski definition) is 0. The second-order valence-electron chi connectivity index (χ2n) is 6.59. The normalized spacial score (nSPS) is 17.3. The van der Waals surface area contributed by atoms with E-state index in [0.717, 1.165) is 38.8 Å². The molecule has 0 bridgehead atoms. The van der Waals surface area contributed by atoms with Crippen molar-refractivity contribution in [1.82, 2.24) is 9.55 Å². The van der Waals surface area contributed by atoms with E-state index in [4.69, 9.17) is 4.74 Å². The van der Waals surface area contributed by atoms with Gasteiger partial charge in [0.15, 0.2) is 11.6 Å². The van der Waals surface area contributed by atoms with Crippen molar-refractivity contribution in [2.24, 2.45) is 0 Å². The van der Waals surface area contributed by atoms with Gasteiger partial charge in [-0.1, -0.05) is 0 Å². The van der Waals surface area contributed by atoms with E-state index in [1.54, 1.807) is 6.92 Å². The summed E-state index contributed by atoms with van der Waals surface area (Å²) in [4.78, 5) is 31.2. The Bertz CT molecular complexity index is 899. The topological polar surface area (TPSA) is 64.4 Å². The molecular formula is C18H20FN3O3. The quantitative estimate of drug-likeness (QED) is 0.797. The largest absolute Gasteiger partial charge is 0.462 e. The highest BCUT2D eigenvalue weighted by molar-refractivity contribution is 5.93. The van der Waals surface area contributed by atoms with Crippen LogP contribution in [0.1, 0.15) is 49.0 Å². The molecule has 0 unspecified atom stereocenters. The van der Waals surface area contributed by atoms with Crippen LogP contribution in [-0.4, -0.2) is 35.2 Å². The molecule has 2 aliphatic rings. The molecule has 0 spiro atoms. The molecule has 2 fully saturated rings. The zero-order chi connectivity index (χ0) is 17.6. The zero-order valence-corrected chi connectivity index (χ0v) is 14.1. The summed E-state index contributed by atoms with van der Waals surface area (Å²) in [5, 5.41) is 0.137. The van der Waals surface area contributed by atoms with Gasteiger partial charge in [-0.3, -0.25) is 4.79 Å². The lowest BCUT2D eigenvalue weighted by Gasteiger charge is -2.19. The Kier molecular flexibility index (Phi) is 3.94. The van der Waals surface area contributed by atoms with Gasteiger partial charge in [0.1, 0.15) is 11.2 Å². The minimum atomic E-state index is -0.673. The molecule has 1 aliphatic heterocycles. The predicted molar refractivity (Wildman–Crippen MR) is 91.6 cm³/mol. The number of rotatable bonds is 4. The number of aromatic nitrogens is 2. The third kappa shape index (κ3) is 2.77. The molecule has 0 N–H and O–H groups in total.